The van der Waals surface area contributed by atoms with Gasteiger partial charge in [-0.2, -0.15) is 4.99 Å². The molecule has 0 saturated carbocycles. The average Bonchev–Trinajstić information content (AvgIpc) is 3.33. The predicted molar refractivity (Wildman–Crippen MR) is 124 cm³/mol. The van der Waals surface area contributed by atoms with E-state index < -0.39 is 11.8 Å². The summed E-state index contributed by atoms with van der Waals surface area (Å²) in [4.78, 5) is 33.8. The average molecular weight is 474 g/mol. The van der Waals surface area contributed by atoms with Crippen LogP contribution < -0.4 is 21.0 Å². The molecule has 0 saturated heterocycles. The van der Waals surface area contributed by atoms with E-state index in [9.17, 15) is 9.59 Å². The number of thiazole rings is 1. The minimum absolute atomic E-state index is 0.0347. The Balaban J connectivity index is 2.22. The molecule has 0 fully saturated rings. The van der Waals surface area contributed by atoms with E-state index in [1.54, 1.807) is 29.7 Å². The van der Waals surface area contributed by atoms with Gasteiger partial charge in [0, 0.05) is 38.6 Å². The molecule has 0 aliphatic rings. The number of aliphatic hydroxyl groups excluding tert-OH is 1. The van der Waals surface area contributed by atoms with Gasteiger partial charge in [0.15, 0.2) is 10.7 Å². The van der Waals surface area contributed by atoms with E-state index in [4.69, 9.17) is 25.7 Å². The summed E-state index contributed by atoms with van der Waals surface area (Å²) >= 11 is 1.22. The Hall–Kier alpha value is -3.28. The van der Waals surface area contributed by atoms with Gasteiger partial charge in [-0.05, 0) is 18.6 Å². The fourth-order valence-corrected chi connectivity index (χ4v) is 4.31. The first-order valence-electron chi connectivity index (χ1n) is 10.5. The lowest BCUT2D eigenvalue weighted by molar-refractivity contribution is 0.0967. The predicted octanol–water partition coefficient (Wildman–Crippen LogP) is 1.68. The van der Waals surface area contributed by atoms with Gasteiger partial charge >= 0.3 is 5.91 Å². The second kappa shape index (κ2) is 11.0. The number of allylic oxidation sites excluding steroid dienone is 1. The SMILES string of the molecule is CCc1nc(C)oc1C(=O)N=c1sc2cc(C(N)=O)cc(OCCCO)c2n1C/C=C\CN. The van der Waals surface area contributed by atoms with Crippen molar-refractivity contribution in [3.63, 3.8) is 0 Å². The van der Waals surface area contributed by atoms with Crippen LogP contribution in [0.4, 0.5) is 0 Å². The Kier molecular flexibility index (Phi) is 8.15. The van der Waals surface area contributed by atoms with Crippen molar-refractivity contribution in [2.45, 2.75) is 33.2 Å². The first-order valence-corrected chi connectivity index (χ1v) is 11.3. The summed E-state index contributed by atoms with van der Waals surface area (Å²) in [6.45, 7) is 4.49. The quantitative estimate of drug-likeness (QED) is 0.298. The first-order chi connectivity index (χ1) is 15.9. The number of ether oxygens (including phenoxy) is 1. The molecule has 5 N–H and O–H groups in total. The number of hydrogen-bond donors (Lipinski definition) is 3. The highest BCUT2D eigenvalue weighted by Gasteiger charge is 2.20. The molecule has 3 aromatic rings. The molecule has 1 aromatic carbocycles. The Bertz CT molecular complexity index is 1250. The largest absolute Gasteiger partial charge is 0.491 e. The van der Waals surface area contributed by atoms with Crippen LogP contribution in [0.1, 0.15) is 45.8 Å². The minimum Gasteiger partial charge on any atom is -0.491 e. The van der Waals surface area contributed by atoms with E-state index in [-0.39, 0.29) is 24.5 Å². The van der Waals surface area contributed by atoms with Crippen molar-refractivity contribution >= 4 is 33.4 Å². The van der Waals surface area contributed by atoms with Gasteiger partial charge in [0.1, 0.15) is 11.3 Å². The van der Waals surface area contributed by atoms with Crippen LogP contribution in [-0.4, -0.2) is 46.2 Å². The molecule has 3 rings (SSSR count). The molecular formula is C22H27N5O5S. The molecule has 2 heterocycles. The Labute approximate surface area is 194 Å². The van der Waals surface area contributed by atoms with Gasteiger partial charge in [0.25, 0.3) is 0 Å². The molecule has 0 radical (unpaired) electrons. The number of aryl methyl sites for hydroxylation is 2. The molecule has 2 amide bonds. The zero-order chi connectivity index (χ0) is 24.0. The van der Waals surface area contributed by atoms with Gasteiger partial charge in [-0.3, -0.25) is 9.59 Å². The van der Waals surface area contributed by atoms with Gasteiger partial charge in [-0.25, -0.2) is 4.98 Å². The lowest BCUT2D eigenvalue weighted by Gasteiger charge is -2.11. The number of nitrogens with zero attached hydrogens (tertiary/aromatic N) is 3. The van der Waals surface area contributed by atoms with Crippen molar-refractivity contribution in [2.75, 3.05) is 19.8 Å². The molecule has 2 aromatic heterocycles. The third-order valence-corrected chi connectivity index (χ3v) is 5.73. The van der Waals surface area contributed by atoms with Crippen LogP contribution in [0, 0.1) is 6.92 Å². The number of aromatic nitrogens is 2. The highest BCUT2D eigenvalue weighted by molar-refractivity contribution is 7.16. The van der Waals surface area contributed by atoms with E-state index in [2.05, 4.69) is 9.98 Å². The minimum atomic E-state index is -0.605. The highest BCUT2D eigenvalue weighted by atomic mass is 32.1. The molecule has 176 valence electrons. The van der Waals surface area contributed by atoms with E-state index >= 15 is 0 Å². The number of amides is 2. The lowest BCUT2D eigenvalue weighted by Crippen LogP contribution is -2.17. The second-order valence-corrected chi connectivity index (χ2v) is 8.10. The van der Waals surface area contributed by atoms with Crippen LogP contribution in [0.25, 0.3) is 10.2 Å². The standard InChI is InChI=1S/C22H27N5O5S/c1-3-15-19(32-13(2)25-15)21(30)26-22-27(8-5-4-7-23)18-16(31-10-6-9-28)11-14(20(24)29)12-17(18)33-22/h4-5,11-12,28H,3,6-10,23H2,1-2H3,(H2,24,29)/b5-4-,26-22?. The summed E-state index contributed by atoms with van der Waals surface area (Å²) in [7, 11) is 0. The van der Waals surface area contributed by atoms with Gasteiger partial charge in [-0.1, -0.05) is 30.4 Å². The van der Waals surface area contributed by atoms with Crippen molar-refractivity contribution in [3.8, 4) is 5.75 Å². The molecule has 0 aliphatic carbocycles. The van der Waals surface area contributed by atoms with E-state index in [0.29, 0.717) is 58.3 Å². The van der Waals surface area contributed by atoms with Crippen LogP contribution in [0.15, 0.2) is 33.7 Å². The van der Waals surface area contributed by atoms with Gasteiger partial charge in [0.2, 0.25) is 11.7 Å². The number of rotatable bonds is 10. The number of aliphatic hydroxyl groups is 1. The van der Waals surface area contributed by atoms with E-state index in [1.807, 2.05) is 13.0 Å². The topological polar surface area (TPSA) is 159 Å². The highest BCUT2D eigenvalue weighted by Crippen LogP contribution is 2.30. The Morgan fingerprint density at radius 2 is 2.15 bits per heavy atom. The fraction of sp³-hybridized carbons (Fsp3) is 0.364. The molecule has 0 unspecified atom stereocenters. The normalized spacial score (nSPS) is 12.2. The van der Waals surface area contributed by atoms with Crippen molar-refractivity contribution in [2.24, 2.45) is 16.5 Å². The smallest absolute Gasteiger partial charge is 0.317 e. The number of carbonyl (C=O) groups excluding carboxylic acids is 2. The Morgan fingerprint density at radius 3 is 2.82 bits per heavy atom. The lowest BCUT2D eigenvalue weighted by atomic mass is 10.2. The van der Waals surface area contributed by atoms with Crippen molar-refractivity contribution in [1.29, 1.82) is 0 Å². The number of benzene rings is 1. The third kappa shape index (κ3) is 5.56. The van der Waals surface area contributed by atoms with E-state index in [0.717, 1.165) is 0 Å². The third-order valence-electron chi connectivity index (χ3n) is 4.71. The van der Waals surface area contributed by atoms with Gasteiger partial charge in [-0.15, -0.1) is 0 Å². The Morgan fingerprint density at radius 1 is 1.36 bits per heavy atom. The molecule has 0 aliphatic heterocycles. The molecule has 0 bridgehead atoms. The summed E-state index contributed by atoms with van der Waals surface area (Å²) in [6, 6.07) is 3.20. The van der Waals surface area contributed by atoms with Crippen molar-refractivity contribution < 1.29 is 23.8 Å². The maximum atomic E-state index is 13.0. The van der Waals surface area contributed by atoms with Gasteiger partial charge in [0.05, 0.1) is 17.0 Å². The summed E-state index contributed by atoms with van der Waals surface area (Å²) in [5.41, 5.74) is 12.6. The summed E-state index contributed by atoms with van der Waals surface area (Å²) < 4.78 is 13.8. The van der Waals surface area contributed by atoms with E-state index in [1.165, 1.54) is 11.3 Å². The molecular weight excluding hydrogens is 446 g/mol. The summed E-state index contributed by atoms with van der Waals surface area (Å²) in [5.74, 6) is -0.245. The number of fused-ring (bicyclic) bond motifs is 1. The first kappa shape index (κ1) is 24.4. The summed E-state index contributed by atoms with van der Waals surface area (Å²) in [5, 5.41) is 9.11. The number of carbonyl (C=O) groups is 2. The number of oxazole rings is 1. The van der Waals surface area contributed by atoms with Crippen molar-refractivity contribution in [3.05, 3.63) is 52.0 Å². The van der Waals surface area contributed by atoms with Crippen LogP contribution in [-0.2, 0) is 13.0 Å². The summed E-state index contributed by atoms with van der Waals surface area (Å²) in [6.07, 6.45) is 4.59. The molecule has 33 heavy (non-hydrogen) atoms. The monoisotopic (exact) mass is 473 g/mol. The second-order valence-electron chi connectivity index (χ2n) is 7.09. The van der Waals surface area contributed by atoms with Crippen molar-refractivity contribution in [1.82, 2.24) is 9.55 Å². The maximum Gasteiger partial charge on any atom is 0.317 e. The molecule has 0 atom stereocenters. The number of primary amides is 1. The maximum absolute atomic E-state index is 13.0. The van der Waals surface area contributed by atoms with Crippen LogP contribution >= 0.6 is 11.3 Å². The van der Waals surface area contributed by atoms with Crippen LogP contribution in [0.5, 0.6) is 5.75 Å². The van der Waals surface area contributed by atoms with Crippen LogP contribution in [0.2, 0.25) is 0 Å². The number of nitrogens with two attached hydrogens (primary N) is 2. The molecule has 10 nitrogen and oxygen atoms in total. The number of hydrogen-bond acceptors (Lipinski definition) is 8. The molecule has 11 heteroatoms. The fourth-order valence-electron chi connectivity index (χ4n) is 3.22. The zero-order valence-corrected chi connectivity index (χ0v) is 19.4. The molecule has 0 spiro atoms. The van der Waals surface area contributed by atoms with Crippen LogP contribution in [0.3, 0.4) is 0 Å². The van der Waals surface area contributed by atoms with Gasteiger partial charge < -0.3 is 30.3 Å². The zero-order valence-electron chi connectivity index (χ0n) is 18.5.